The van der Waals surface area contributed by atoms with E-state index in [0.29, 0.717) is 19.6 Å². The third kappa shape index (κ3) is 3.91. The molecular formula is C12H27N3O2S. The fourth-order valence-corrected chi connectivity index (χ4v) is 4.30. The van der Waals surface area contributed by atoms with Crippen molar-refractivity contribution in [2.45, 2.75) is 39.2 Å². The first-order valence-electron chi connectivity index (χ1n) is 6.81. The lowest BCUT2D eigenvalue weighted by molar-refractivity contribution is 0.319. The first kappa shape index (κ1) is 15.9. The number of nitrogens with zero attached hydrogens (tertiary/aromatic N) is 3. The van der Waals surface area contributed by atoms with Crippen LogP contribution in [0.2, 0.25) is 0 Å². The molecule has 0 aliphatic carbocycles. The molecule has 1 atom stereocenters. The van der Waals surface area contributed by atoms with Crippen LogP contribution in [0.4, 0.5) is 0 Å². The van der Waals surface area contributed by atoms with Crippen LogP contribution in [0.5, 0.6) is 0 Å². The van der Waals surface area contributed by atoms with Gasteiger partial charge in [0.05, 0.1) is 0 Å². The minimum Gasteiger partial charge on any atom is -0.309 e. The Morgan fingerprint density at radius 3 is 2.39 bits per heavy atom. The van der Waals surface area contributed by atoms with Crippen LogP contribution in [0.3, 0.4) is 0 Å². The Kier molecular flexibility index (Phi) is 6.04. The molecule has 0 saturated carbocycles. The third-order valence-electron chi connectivity index (χ3n) is 3.48. The van der Waals surface area contributed by atoms with Gasteiger partial charge in [-0.25, -0.2) is 0 Å². The zero-order chi connectivity index (χ0) is 13.8. The van der Waals surface area contributed by atoms with E-state index in [0.717, 1.165) is 25.8 Å². The van der Waals surface area contributed by atoms with Gasteiger partial charge in [-0.3, -0.25) is 0 Å². The maximum atomic E-state index is 12.5. The topological polar surface area (TPSA) is 43.9 Å². The molecule has 1 rings (SSSR count). The standard InChI is InChI=1S/C12H27N3O2S/c1-5-14(10-7-9-13(3)4)18(16,17)15-11-6-8-12(15)2/h12H,5-11H2,1-4H3/t12-/m0/s1. The van der Waals surface area contributed by atoms with Gasteiger partial charge in [0.1, 0.15) is 0 Å². The monoisotopic (exact) mass is 277 g/mol. The van der Waals surface area contributed by atoms with Gasteiger partial charge in [-0.05, 0) is 46.8 Å². The molecule has 0 radical (unpaired) electrons. The normalized spacial score (nSPS) is 22.2. The van der Waals surface area contributed by atoms with Gasteiger partial charge in [-0.15, -0.1) is 0 Å². The Bertz CT molecular complexity index is 343. The minimum atomic E-state index is -3.25. The Morgan fingerprint density at radius 2 is 1.94 bits per heavy atom. The van der Waals surface area contributed by atoms with Gasteiger partial charge in [0, 0.05) is 25.7 Å². The van der Waals surface area contributed by atoms with Crippen molar-refractivity contribution in [2.24, 2.45) is 0 Å². The maximum Gasteiger partial charge on any atom is 0.282 e. The molecule has 5 nitrogen and oxygen atoms in total. The highest BCUT2D eigenvalue weighted by atomic mass is 32.2. The Balaban J connectivity index is 2.62. The molecule has 1 aliphatic heterocycles. The van der Waals surface area contributed by atoms with Crippen LogP contribution >= 0.6 is 0 Å². The SMILES string of the molecule is CCN(CCCN(C)C)S(=O)(=O)N1CCC[C@@H]1C. The van der Waals surface area contributed by atoms with Crippen molar-refractivity contribution in [3.05, 3.63) is 0 Å². The molecule has 0 amide bonds. The van der Waals surface area contributed by atoms with Crippen molar-refractivity contribution in [3.8, 4) is 0 Å². The largest absolute Gasteiger partial charge is 0.309 e. The average Bonchev–Trinajstić information content (AvgIpc) is 2.70. The summed E-state index contributed by atoms with van der Waals surface area (Å²) < 4.78 is 28.2. The van der Waals surface area contributed by atoms with E-state index in [1.54, 1.807) is 8.61 Å². The maximum absolute atomic E-state index is 12.5. The van der Waals surface area contributed by atoms with Crippen LogP contribution in [0.1, 0.15) is 33.1 Å². The lowest BCUT2D eigenvalue weighted by Gasteiger charge is -2.29. The molecule has 0 N–H and O–H groups in total. The summed E-state index contributed by atoms with van der Waals surface area (Å²) >= 11 is 0. The molecule has 0 bridgehead atoms. The molecular weight excluding hydrogens is 250 g/mol. The van der Waals surface area contributed by atoms with Gasteiger partial charge in [0.15, 0.2) is 0 Å². The van der Waals surface area contributed by atoms with Crippen LogP contribution in [0.25, 0.3) is 0 Å². The highest BCUT2D eigenvalue weighted by Crippen LogP contribution is 2.22. The summed E-state index contributed by atoms with van der Waals surface area (Å²) in [6.45, 7) is 6.67. The second-order valence-electron chi connectivity index (χ2n) is 5.26. The number of rotatable bonds is 7. The van der Waals surface area contributed by atoms with Gasteiger partial charge in [-0.2, -0.15) is 17.0 Å². The van der Waals surface area contributed by atoms with E-state index in [1.807, 2.05) is 27.9 Å². The molecule has 6 heteroatoms. The van der Waals surface area contributed by atoms with Crippen LogP contribution in [-0.2, 0) is 10.2 Å². The zero-order valence-corrected chi connectivity index (χ0v) is 12.9. The minimum absolute atomic E-state index is 0.151. The van der Waals surface area contributed by atoms with Crippen molar-refractivity contribution in [3.63, 3.8) is 0 Å². The first-order valence-corrected chi connectivity index (χ1v) is 8.21. The zero-order valence-electron chi connectivity index (χ0n) is 12.1. The van der Waals surface area contributed by atoms with Crippen LogP contribution in [0, 0.1) is 0 Å². The predicted octanol–water partition coefficient (Wildman–Crippen LogP) is 0.989. The lowest BCUT2D eigenvalue weighted by atomic mass is 10.3. The average molecular weight is 277 g/mol. The summed E-state index contributed by atoms with van der Waals surface area (Å²) in [5, 5.41) is 0. The molecule has 0 aromatic carbocycles. The Morgan fingerprint density at radius 1 is 1.28 bits per heavy atom. The smallest absolute Gasteiger partial charge is 0.282 e. The summed E-state index contributed by atoms with van der Waals surface area (Å²) in [5.41, 5.74) is 0. The summed E-state index contributed by atoms with van der Waals surface area (Å²) in [6.07, 6.45) is 2.84. The Hall–Kier alpha value is -0.170. The van der Waals surface area contributed by atoms with Crippen molar-refractivity contribution in [1.29, 1.82) is 0 Å². The van der Waals surface area contributed by atoms with E-state index in [4.69, 9.17) is 0 Å². The second-order valence-corrected chi connectivity index (χ2v) is 7.14. The van der Waals surface area contributed by atoms with Crippen LogP contribution in [0.15, 0.2) is 0 Å². The second kappa shape index (κ2) is 6.84. The van der Waals surface area contributed by atoms with Crippen molar-refractivity contribution < 1.29 is 8.42 Å². The van der Waals surface area contributed by atoms with E-state index >= 15 is 0 Å². The van der Waals surface area contributed by atoms with Crippen molar-refractivity contribution >= 4 is 10.2 Å². The molecule has 0 aromatic heterocycles. The predicted molar refractivity (Wildman–Crippen MR) is 74.7 cm³/mol. The van der Waals surface area contributed by atoms with Crippen LogP contribution in [-0.4, -0.2) is 68.2 Å². The van der Waals surface area contributed by atoms with Gasteiger partial charge < -0.3 is 4.90 Å². The van der Waals surface area contributed by atoms with Crippen LogP contribution < -0.4 is 0 Å². The molecule has 1 saturated heterocycles. The molecule has 108 valence electrons. The molecule has 1 heterocycles. The molecule has 1 aliphatic rings. The number of hydrogen-bond acceptors (Lipinski definition) is 3. The molecule has 0 aromatic rings. The molecule has 1 fully saturated rings. The van der Waals surface area contributed by atoms with Gasteiger partial charge in [0.2, 0.25) is 0 Å². The van der Waals surface area contributed by atoms with Crippen molar-refractivity contribution in [2.75, 3.05) is 40.3 Å². The van der Waals surface area contributed by atoms with Gasteiger partial charge in [-0.1, -0.05) is 6.92 Å². The first-order chi connectivity index (χ1) is 8.39. The van der Waals surface area contributed by atoms with E-state index in [1.165, 1.54) is 0 Å². The molecule has 0 unspecified atom stereocenters. The fourth-order valence-electron chi connectivity index (χ4n) is 2.40. The summed E-state index contributed by atoms with van der Waals surface area (Å²) in [7, 11) is 0.765. The Labute approximate surface area is 112 Å². The van der Waals surface area contributed by atoms with Gasteiger partial charge >= 0.3 is 0 Å². The highest BCUT2D eigenvalue weighted by molar-refractivity contribution is 7.86. The quantitative estimate of drug-likeness (QED) is 0.697. The number of hydrogen-bond donors (Lipinski definition) is 0. The summed E-state index contributed by atoms with van der Waals surface area (Å²) in [6, 6.07) is 0.151. The van der Waals surface area contributed by atoms with Crippen molar-refractivity contribution in [1.82, 2.24) is 13.5 Å². The van der Waals surface area contributed by atoms with E-state index in [-0.39, 0.29) is 6.04 Å². The molecule has 18 heavy (non-hydrogen) atoms. The molecule has 0 spiro atoms. The van der Waals surface area contributed by atoms with E-state index in [9.17, 15) is 8.42 Å². The summed E-state index contributed by atoms with van der Waals surface area (Å²) in [4.78, 5) is 2.08. The van der Waals surface area contributed by atoms with Gasteiger partial charge in [0.25, 0.3) is 10.2 Å². The van der Waals surface area contributed by atoms with E-state index < -0.39 is 10.2 Å². The fraction of sp³-hybridized carbons (Fsp3) is 1.00. The van der Waals surface area contributed by atoms with E-state index in [2.05, 4.69) is 4.90 Å². The highest BCUT2D eigenvalue weighted by Gasteiger charge is 2.34. The third-order valence-corrected chi connectivity index (χ3v) is 5.71. The lowest BCUT2D eigenvalue weighted by Crippen LogP contribution is -2.45. The summed E-state index contributed by atoms with van der Waals surface area (Å²) in [5.74, 6) is 0.